The minimum Gasteiger partial charge on any atom is -0.462 e. The van der Waals surface area contributed by atoms with Crippen molar-refractivity contribution in [3.05, 3.63) is 12.2 Å². The highest BCUT2D eigenvalue weighted by Crippen LogP contribution is 2.18. The predicted octanol–water partition coefficient (Wildman–Crippen LogP) is 14.7. The van der Waals surface area contributed by atoms with Crippen LogP contribution < -0.4 is 0 Å². The van der Waals surface area contributed by atoms with Crippen molar-refractivity contribution in [1.29, 1.82) is 0 Å². The van der Waals surface area contributed by atoms with Crippen molar-refractivity contribution in [3.63, 3.8) is 0 Å². The third kappa shape index (κ3) is 38.4. The number of nitrogens with zero attached hydrogens (tertiary/aromatic N) is 1. The Kier molecular flexibility index (Phi) is 41.8. The van der Waals surface area contributed by atoms with E-state index in [1.165, 1.54) is 199 Å². The van der Waals surface area contributed by atoms with Crippen LogP contribution >= 0.6 is 0 Å². The topological polar surface area (TPSA) is 38.8 Å². The fourth-order valence-electron chi connectivity index (χ4n) is 7.09. The monoisotopic (exact) mass is 706 g/mol. The van der Waals surface area contributed by atoms with Gasteiger partial charge in [-0.15, -0.1) is 0 Å². The van der Waals surface area contributed by atoms with E-state index in [9.17, 15) is 4.79 Å². The first-order chi connectivity index (χ1) is 24.7. The molecule has 0 fully saturated rings. The molecule has 0 bridgehead atoms. The number of unbranched alkanes of at least 4 members (excludes halogenated alkanes) is 26. The number of esters is 1. The first-order valence-electron chi connectivity index (χ1n) is 22.7. The second-order valence-corrected chi connectivity index (χ2v) is 15.5. The fraction of sp³-hybridized carbons (Fsp3) is 0.935. The maximum Gasteiger partial charge on any atom is 0.306 e. The first-order valence-corrected chi connectivity index (χ1v) is 22.7. The van der Waals surface area contributed by atoms with Gasteiger partial charge in [0.2, 0.25) is 0 Å². The lowest BCUT2D eigenvalue weighted by atomic mass is 10.0. The molecular formula is C46H91NO3. The molecule has 0 aliphatic carbocycles. The standard InChI is InChI=1S/C46H91NO3/c1-5-8-11-14-17-18-19-20-21-22-23-24-25-26-31-36-41-47(43-44-49-4)42-37-32-27-30-35-40-46(48)50-45(38-33-28-15-12-9-6-2)39-34-29-16-13-10-7-3/h20-21,45H,5-19,22-44H2,1-4H3/b21-20-. The van der Waals surface area contributed by atoms with Gasteiger partial charge in [0.1, 0.15) is 6.10 Å². The van der Waals surface area contributed by atoms with Crippen LogP contribution in [0.15, 0.2) is 12.2 Å². The van der Waals surface area contributed by atoms with Crippen molar-refractivity contribution in [3.8, 4) is 0 Å². The summed E-state index contributed by atoms with van der Waals surface area (Å²) in [6, 6.07) is 0. The molecule has 0 atom stereocenters. The Morgan fingerprint density at radius 1 is 0.480 bits per heavy atom. The van der Waals surface area contributed by atoms with Crippen molar-refractivity contribution in [1.82, 2.24) is 4.90 Å². The lowest BCUT2D eigenvalue weighted by Gasteiger charge is -2.22. The molecule has 0 aromatic rings. The molecule has 0 rings (SSSR count). The van der Waals surface area contributed by atoms with Crippen molar-refractivity contribution < 1.29 is 14.3 Å². The highest BCUT2D eigenvalue weighted by molar-refractivity contribution is 5.69. The molecular weight excluding hydrogens is 615 g/mol. The lowest BCUT2D eigenvalue weighted by Crippen LogP contribution is -2.29. The molecule has 4 nitrogen and oxygen atoms in total. The van der Waals surface area contributed by atoms with E-state index in [0.29, 0.717) is 6.42 Å². The van der Waals surface area contributed by atoms with E-state index >= 15 is 0 Å². The van der Waals surface area contributed by atoms with Crippen molar-refractivity contribution in [2.24, 2.45) is 0 Å². The summed E-state index contributed by atoms with van der Waals surface area (Å²) >= 11 is 0. The third-order valence-electron chi connectivity index (χ3n) is 10.5. The van der Waals surface area contributed by atoms with Crippen molar-refractivity contribution in [2.75, 3.05) is 33.4 Å². The number of ether oxygens (including phenoxy) is 2. The van der Waals surface area contributed by atoms with Gasteiger partial charge in [-0.1, -0.05) is 174 Å². The Morgan fingerprint density at radius 2 is 0.860 bits per heavy atom. The van der Waals surface area contributed by atoms with Gasteiger partial charge in [-0.3, -0.25) is 4.79 Å². The highest BCUT2D eigenvalue weighted by Gasteiger charge is 2.14. The van der Waals surface area contributed by atoms with E-state index in [1.54, 1.807) is 0 Å². The Labute approximate surface area is 315 Å². The number of rotatable bonds is 42. The zero-order chi connectivity index (χ0) is 36.4. The Hall–Kier alpha value is -0.870. The molecule has 0 aromatic heterocycles. The zero-order valence-electron chi connectivity index (χ0n) is 34.8. The van der Waals surface area contributed by atoms with Gasteiger partial charge in [0, 0.05) is 20.1 Å². The van der Waals surface area contributed by atoms with E-state index in [-0.39, 0.29) is 12.1 Å². The van der Waals surface area contributed by atoms with Gasteiger partial charge in [0.05, 0.1) is 6.61 Å². The Morgan fingerprint density at radius 3 is 1.30 bits per heavy atom. The second kappa shape index (κ2) is 42.5. The Bertz CT molecular complexity index is 664. The van der Waals surface area contributed by atoms with Crippen LogP contribution in [0.2, 0.25) is 0 Å². The minimum absolute atomic E-state index is 0.0494. The van der Waals surface area contributed by atoms with Crippen LogP contribution in [0.1, 0.15) is 239 Å². The van der Waals surface area contributed by atoms with Crippen LogP contribution in [0.25, 0.3) is 0 Å². The SMILES string of the molecule is CCCCCCCC/C=C\CCCCCCCCN(CCCCCCCC(=O)OC(CCCCCCCC)CCCCCCCC)CCOC. The van der Waals surface area contributed by atoms with Crippen molar-refractivity contribution in [2.45, 2.75) is 245 Å². The molecule has 0 spiro atoms. The number of methoxy groups -OCH3 is 1. The summed E-state index contributed by atoms with van der Waals surface area (Å²) in [4.78, 5) is 15.3. The molecule has 0 aliphatic heterocycles. The van der Waals surface area contributed by atoms with E-state index in [1.807, 2.05) is 7.11 Å². The van der Waals surface area contributed by atoms with Crippen LogP contribution in [-0.4, -0.2) is 50.3 Å². The third-order valence-corrected chi connectivity index (χ3v) is 10.5. The summed E-state index contributed by atoms with van der Waals surface area (Å²) in [6.07, 6.45) is 48.2. The van der Waals surface area contributed by atoms with Crippen molar-refractivity contribution >= 4 is 5.97 Å². The van der Waals surface area contributed by atoms with E-state index in [4.69, 9.17) is 9.47 Å². The Balaban J connectivity index is 3.99. The summed E-state index contributed by atoms with van der Waals surface area (Å²) in [5.41, 5.74) is 0. The first kappa shape index (κ1) is 49.1. The van der Waals surface area contributed by atoms with Gasteiger partial charge >= 0.3 is 5.97 Å². The molecule has 0 saturated carbocycles. The van der Waals surface area contributed by atoms with Gasteiger partial charge in [0.15, 0.2) is 0 Å². The van der Waals surface area contributed by atoms with Crippen LogP contribution in [-0.2, 0) is 14.3 Å². The minimum atomic E-state index is 0.0494. The second-order valence-electron chi connectivity index (χ2n) is 15.5. The molecule has 0 radical (unpaired) electrons. The van der Waals surface area contributed by atoms with Gasteiger partial charge < -0.3 is 14.4 Å². The van der Waals surface area contributed by atoms with E-state index < -0.39 is 0 Å². The molecule has 0 unspecified atom stereocenters. The summed E-state index contributed by atoms with van der Waals surface area (Å²) in [5, 5.41) is 0. The summed E-state index contributed by atoms with van der Waals surface area (Å²) in [6.45, 7) is 11.1. The normalized spacial score (nSPS) is 11.9. The quantitative estimate of drug-likeness (QED) is 0.0360. The summed E-state index contributed by atoms with van der Waals surface area (Å²) in [5.74, 6) is 0.0494. The number of hydrogen-bond donors (Lipinski definition) is 0. The molecule has 0 N–H and O–H groups in total. The van der Waals surface area contributed by atoms with Crippen LogP contribution in [0.4, 0.5) is 0 Å². The van der Waals surface area contributed by atoms with Gasteiger partial charge in [-0.25, -0.2) is 0 Å². The van der Waals surface area contributed by atoms with Crippen LogP contribution in [0, 0.1) is 0 Å². The average molecular weight is 706 g/mol. The van der Waals surface area contributed by atoms with E-state index in [2.05, 4.69) is 37.8 Å². The maximum atomic E-state index is 12.7. The molecule has 0 heterocycles. The molecule has 0 aliphatic rings. The van der Waals surface area contributed by atoms with Crippen LogP contribution in [0.3, 0.4) is 0 Å². The number of carbonyl (C=O) groups excluding carboxylic acids is 1. The smallest absolute Gasteiger partial charge is 0.306 e. The molecule has 0 amide bonds. The molecule has 50 heavy (non-hydrogen) atoms. The summed E-state index contributed by atoms with van der Waals surface area (Å²) in [7, 11) is 1.82. The molecule has 4 heteroatoms. The maximum absolute atomic E-state index is 12.7. The zero-order valence-corrected chi connectivity index (χ0v) is 34.8. The van der Waals surface area contributed by atoms with Crippen LogP contribution in [0.5, 0.6) is 0 Å². The fourth-order valence-corrected chi connectivity index (χ4v) is 7.09. The van der Waals surface area contributed by atoms with Gasteiger partial charge in [-0.05, 0) is 83.7 Å². The summed E-state index contributed by atoms with van der Waals surface area (Å²) < 4.78 is 11.5. The number of carbonyl (C=O) groups is 1. The molecule has 298 valence electrons. The van der Waals surface area contributed by atoms with Gasteiger partial charge in [-0.2, -0.15) is 0 Å². The lowest BCUT2D eigenvalue weighted by molar-refractivity contribution is -0.150. The largest absolute Gasteiger partial charge is 0.462 e. The molecule has 0 saturated heterocycles. The highest BCUT2D eigenvalue weighted by atomic mass is 16.5. The predicted molar refractivity (Wildman–Crippen MR) is 221 cm³/mol. The van der Waals surface area contributed by atoms with Gasteiger partial charge in [0.25, 0.3) is 0 Å². The molecule has 0 aromatic carbocycles. The average Bonchev–Trinajstić information content (AvgIpc) is 3.12. The number of allylic oxidation sites excluding steroid dienone is 2. The van der Waals surface area contributed by atoms with E-state index in [0.717, 1.165) is 38.8 Å². The number of hydrogen-bond acceptors (Lipinski definition) is 4.